The summed E-state index contributed by atoms with van der Waals surface area (Å²) in [5, 5.41) is 5.78. The predicted octanol–water partition coefficient (Wildman–Crippen LogP) is 4.07. The van der Waals surface area contributed by atoms with Gasteiger partial charge in [-0.1, -0.05) is 72.0 Å². The second-order valence-corrected chi connectivity index (χ2v) is 10.7. The summed E-state index contributed by atoms with van der Waals surface area (Å²) < 4.78 is 21.1. The average Bonchev–Trinajstić information content (AvgIpc) is 3.48. The van der Waals surface area contributed by atoms with Crippen LogP contribution in [0.25, 0.3) is 11.8 Å². The molecule has 0 radical (unpaired) electrons. The first-order valence-electron chi connectivity index (χ1n) is 13.4. The van der Waals surface area contributed by atoms with Crippen LogP contribution in [0.15, 0.2) is 105 Å². The van der Waals surface area contributed by atoms with E-state index in [4.69, 9.17) is 9.73 Å². The van der Waals surface area contributed by atoms with E-state index in [0.717, 1.165) is 11.3 Å². The SMILES string of the molecule is CCOC(=O)C1=C(c2ccccc2)N=c2s/c(=C/[C@H]3C(=O)N(c4ccccc4)N=C3C)c(=O)n2[C@@H]1c1ccc(F)cc1. The molecule has 6 rings (SSSR count). The van der Waals surface area contributed by atoms with Crippen LogP contribution in [0, 0.1) is 11.7 Å². The van der Waals surface area contributed by atoms with E-state index in [0.29, 0.717) is 33.0 Å². The summed E-state index contributed by atoms with van der Waals surface area (Å²) in [7, 11) is 0. The minimum Gasteiger partial charge on any atom is -0.463 e. The number of benzene rings is 3. The summed E-state index contributed by atoms with van der Waals surface area (Å²) in [6.07, 6.45) is 1.60. The van der Waals surface area contributed by atoms with Gasteiger partial charge in [-0.15, -0.1) is 0 Å². The van der Waals surface area contributed by atoms with Gasteiger partial charge in [0.15, 0.2) is 4.80 Å². The number of carbonyl (C=O) groups excluding carboxylic acids is 2. The highest BCUT2D eigenvalue weighted by atomic mass is 32.1. The Morgan fingerprint density at radius 2 is 1.67 bits per heavy atom. The zero-order valence-electron chi connectivity index (χ0n) is 22.7. The van der Waals surface area contributed by atoms with Crippen LogP contribution >= 0.6 is 11.3 Å². The van der Waals surface area contributed by atoms with Crippen LogP contribution in [0.4, 0.5) is 10.1 Å². The maximum absolute atomic E-state index is 14.1. The molecule has 2 atom stereocenters. The van der Waals surface area contributed by atoms with Gasteiger partial charge in [0.1, 0.15) is 11.7 Å². The number of hydrazone groups is 1. The van der Waals surface area contributed by atoms with Crippen molar-refractivity contribution in [1.82, 2.24) is 4.57 Å². The summed E-state index contributed by atoms with van der Waals surface area (Å²) >= 11 is 1.12. The Bertz CT molecular complexity index is 1930. The van der Waals surface area contributed by atoms with E-state index in [1.807, 2.05) is 48.5 Å². The van der Waals surface area contributed by atoms with Crippen molar-refractivity contribution in [3.05, 3.63) is 127 Å². The summed E-state index contributed by atoms with van der Waals surface area (Å²) in [5.41, 5.74) is 2.45. The van der Waals surface area contributed by atoms with Crippen molar-refractivity contribution in [3.63, 3.8) is 0 Å². The molecule has 42 heavy (non-hydrogen) atoms. The molecule has 0 unspecified atom stereocenters. The number of nitrogens with zero attached hydrogens (tertiary/aromatic N) is 4. The minimum atomic E-state index is -0.937. The molecule has 4 aromatic rings. The van der Waals surface area contributed by atoms with E-state index in [9.17, 15) is 18.8 Å². The maximum Gasteiger partial charge on any atom is 0.338 e. The van der Waals surface area contributed by atoms with Crippen LogP contribution in [0.1, 0.15) is 31.0 Å². The van der Waals surface area contributed by atoms with Gasteiger partial charge >= 0.3 is 5.97 Å². The third-order valence-electron chi connectivity index (χ3n) is 7.06. The van der Waals surface area contributed by atoms with Crippen LogP contribution in [-0.2, 0) is 14.3 Å². The van der Waals surface area contributed by atoms with E-state index in [-0.39, 0.29) is 22.6 Å². The minimum absolute atomic E-state index is 0.116. The number of fused-ring (bicyclic) bond motifs is 1. The molecule has 0 N–H and O–H groups in total. The number of hydrogen-bond acceptors (Lipinski definition) is 7. The van der Waals surface area contributed by atoms with Crippen LogP contribution < -0.4 is 19.9 Å². The molecule has 0 fully saturated rings. The van der Waals surface area contributed by atoms with Crippen LogP contribution in [-0.4, -0.2) is 28.8 Å². The number of hydrogen-bond donors (Lipinski definition) is 0. The lowest BCUT2D eigenvalue weighted by Crippen LogP contribution is -2.40. The normalized spacial score (nSPS) is 18.5. The van der Waals surface area contributed by atoms with Gasteiger partial charge in [0.2, 0.25) is 0 Å². The molecule has 1 amide bonds. The van der Waals surface area contributed by atoms with E-state index >= 15 is 0 Å². The summed E-state index contributed by atoms with van der Waals surface area (Å²) in [6, 6.07) is 22.9. The van der Waals surface area contributed by atoms with Gasteiger partial charge in [-0.3, -0.25) is 14.2 Å². The molecular weight excluding hydrogens is 555 g/mol. The number of anilines is 1. The van der Waals surface area contributed by atoms with Crippen molar-refractivity contribution in [2.45, 2.75) is 19.9 Å². The van der Waals surface area contributed by atoms with Crippen molar-refractivity contribution in [3.8, 4) is 0 Å². The van der Waals surface area contributed by atoms with Gasteiger partial charge in [-0.2, -0.15) is 10.1 Å². The smallest absolute Gasteiger partial charge is 0.338 e. The number of halogens is 1. The monoisotopic (exact) mass is 580 g/mol. The Balaban J connectivity index is 1.55. The third-order valence-corrected chi connectivity index (χ3v) is 8.06. The van der Waals surface area contributed by atoms with E-state index in [1.165, 1.54) is 21.7 Å². The summed E-state index contributed by atoms with van der Waals surface area (Å²) in [5.74, 6) is -2.12. The number of carbonyl (C=O) groups is 2. The van der Waals surface area contributed by atoms with E-state index < -0.39 is 29.3 Å². The molecule has 0 spiro atoms. The molecule has 0 bridgehead atoms. The summed E-state index contributed by atoms with van der Waals surface area (Å²) in [4.78, 5) is 46.1. The molecule has 3 aromatic carbocycles. The van der Waals surface area contributed by atoms with Crippen molar-refractivity contribution in [2.24, 2.45) is 16.0 Å². The molecule has 3 heterocycles. The number of ether oxygens (including phenoxy) is 1. The molecular formula is C32H25FN4O4S. The Kier molecular flexibility index (Phi) is 7.22. The van der Waals surface area contributed by atoms with Gasteiger partial charge in [0.25, 0.3) is 11.5 Å². The predicted molar refractivity (Wildman–Crippen MR) is 159 cm³/mol. The quantitative estimate of drug-likeness (QED) is 0.322. The number of rotatable bonds is 6. The zero-order chi connectivity index (χ0) is 29.4. The molecule has 0 saturated heterocycles. The average molecular weight is 581 g/mol. The molecule has 0 saturated carbocycles. The van der Waals surface area contributed by atoms with Crippen LogP contribution in [0.3, 0.4) is 0 Å². The number of amides is 1. The number of thiazole rings is 1. The van der Waals surface area contributed by atoms with Gasteiger partial charge in [0.05, 0.1) is 39.9 Å². The van der Waals surface area contributed by atoms with Gasteiger partial charge in [0, 0.05) is 5.56 Å². The van der Waals surface area contributed by atoms with Crippen molar-refractivity contribution >= 4 is 46.4 Å². The van der Waals surface area contributed by atoms with Gasteiger partial charge in [-0.25, -0.2) is 14.2 Å². The Morgan fingerprint density at radius 1 is 1.00 bits per heavy atom. The molecule has 10 heteroatoms. The summed E-state index contributed by atoms with van der Waals surface area (Å²) in [6.45, 7) is 3.56. The first-order valence-corrected chi connectivity index (χ1v) is 14.2. The van der Waals surface area contributed by atoms with Gasteiger partial charge in [-0.05, 0) is 49.8 Å². The molecule has 2 aliphatic heterocycles. The van der Waals surface area contributed by atoms with E-state index in [2.05, 4.69) is 5.10 Å². The Labute approximate surface area is 244 Å². The first-order chi connectivity index (χ1) is 20.4. The van der Waals surface area contributed by atoms with Gasteiger partial charge < -0.3 is 4.74 Å². The highest BCUT2D eigenvalue weighted by Gasteiger charge is 2.36. The molecule has 1 aromatic heterocycles. The fraction of sp³-hybridized carbons (Fsp3) is 0.156. The van der Waals surface area contributed by atoms with Crippen molar-refractivity contribution in [2.75, 3.05) is 11.6 Å². The lowest BCUT2D eigenvalue weighted by molar-refractivity contribution is -0.138. The highest BCUT2D eigenvalue weighted by Crippen LogP contribution is 2.35. The topological polar surface area (TPSA) is 93.3 Å². The lowest BCUT2D eigenvalue weighted by Gasteiger charge is -2.25. The first kappa shape index (κ1) is 27.2. The molecule has 8 nitrogen and oxygen atoms in total. The standard InChI is InChI=1S/C32H25FN4O4S/c1-3-41-31(40)26-27(20-10-6-4-7-11-20)34-32-36(28(26)21-14-16-22(33)17-15-21)30(39)25(42-32)18-24-19(2)35-37(29(24)38)23-12-8-5-9-13-23/h4-18,24,28H,3H2,1-2H3/b25-18+/t24-,28-/m1/s1. The Hall–Kier alpha value is -4.96. The third kappa shape index (κ3) is 4.79. The Morgan fingerprint density at radius 3 is 2.33 bits per heavy atom. The van der Waals surface area contributed by atoms with Crippen molar-refractivity contribution in [1.29, 1.82) is 0 Å². The second-order valence-electron chi connectivity index (χ2n) is 9.71. The molecule has 0 aliphatic carbocycles. The van der Waals surface area contributed by atoms with Crippen LogP contribution in [0.2, 0.25) is 0 Å². The highest BCUT2D eigenvalue weighted by molar-refractivity contribution is 7.07. The number of esters is 1. The fourth-order valence-corrected chi connectivity index (χ4v) is 6.10. The lowest BCUT2D eigenvalue weighted by atomic mass is 9.93. The maximum atomic E-state index is 14.1. The number of para-hydroxylation sites is 1. The zero-order valence-corrected chi connectivity index (χ0v) is 23.5. The fourth-order valence-electron chi connectivity index (χ4n) is 5.09. The van der Waals surface area contributed by atoms with Crippen LogP contribution in [0.5, 0.6) is 0 Å². The largest absolute Gasteiger partial charge is 0.463 e. The van der Waals surface area contributed by atoms with Crippen molar-refractivity contribution < 1.29 is 18.7 Å². The second kappa shape index (κ2) is 11.1. The molecule has 210 valence electrons. The van der Waals surface area contributed by atoms with E-state index in [1.54, 1.807) is 44.2 Å². The molecule has 2 aliphatic rings. The number of aromatic nitrogens is 1.